The summed E-state index contributed by atoms with van der Waals surface area (Å²) in [5, 5.41) is 6.77. The number of benzene rings is 2. The van der Waals surface area contributed by atoms with E-state index in [1.54, 1.807) is 6.20 Å². The maximum absolute atomic E-state index is 11.6. The van der Waals surface area contributed by atoms with Gasteiger partial charge in [0.1, 0.15) is 5.82 Å². The molecule has 9 heteroatoms. The number of carbonyl (C=O) groups excluding carboxylic acids is 2. The van der Waals surface area contributed by atoms with Crippen molar-refractivity contribution in [2.24, 2.45) is 5.73 Å². The third kappa shape index (κ3) is 7.94. The second kappa shape index (κ2) is 13.4. The van der Waals surface area contributed by atoms with Crippen LogP contribution in [-0.2, 0) is 27.3 Å². The summed E-state index contributed by atoms with van der Waals surface area (Å²) in [6.45, 7) is 7.28. The van der Waals surface area contributed by atoms with Crippen LogP contribution >= 0.6 is 0 Å². The molecule has 1 fully saturated rings. The molecule has 1 saturated heterocycles. The molecule has 0 bridgehead atoms. The number of amides is 1. The number of carbonyl (C=O) groups is 2. The molecule has 1 aliphatic heterocycles. The Balaban J connectivity index is 1.34. The minimum Gasteiger partial charge on any atom is -0.466 e. The number of pyridine rings is 1. The number of piperazine rings is 1. The fourth-order valence-electron chi connectivity index (χ4n) is 4.45. The zero-order valence-electron chi connectivity index (χ0n) is 21.9. The van der Waals surface area contributed by atoms with Gasteiger partial charge in [-0.25, -0.2) is 4.98 Å². The monoisotopic (exact) mass is 516 g/mol. The van der Waals surface area contributed by atoms with Crippen molar-refractivity contribution in [3.63, 3.8) is 0 Å². The highest BCUT2D eigenvalue weighted by Gasteiger charge is 2.18. The van der Waals surface area contributed by atoms with Crippen LogP contribution < -0.4 is 21.3 Å². The molecule has 0 spiro atoms. The van der Waals surface area contributed by atoms with Crippen molar-refractivity contribution in [2.75, 3.05) is 54.9 Å². The molecule has 4 rings (SSSR count). The number of hydrogen-bond acceptors (Lipinski definition) is 8. The van der Waals surface area contributed by atoms with Gasteiger partial charge in [0.15, 0.2) is 0 Å². The highest BCUT2D eigenvalue weighted by atomic mass is 16.5. The van der Waals surface area contributed by atoms with Crippen LogP contribution in [0.3, 0.4) is 0 Å². The molecule has 38 heavy (non-hydrogen) atoms. The smallest absolute Gasteiger partial charge is 0.307 e. The van der Waals surface area contributed by atoms with Crippen LogP contribution in [0.5, 0.6) is 0 Å². The van der Waals surface area contributed by atoms with Crippen molar-refractivity contribution in [2.45, 2.75) is 26.3 Å². The highest BCUT2D eigenvalue weighted by Crippen LogP contribution is 2.25. The van der Waals surface area contributed by atoms with Crippen LogP contribution in [0.2, 0.25) is 0 Å². The highest BCUT2D eigenvalue weighted by molar-refractivity contribution is 5.79. The van der Waals surface area contributed by atoms with E-state index < -0.39 is 5.91 Å². The Morgan fingerprint density at radius 2 is 1.76 bits per heavy atom. The Labute approximate surface area is 224 Å². The van der Waals surface area contributed by atoms with Gasteiger partial charge in [-0.05, 0) is 36.8 Å². The van der Waals surface area contributed by atoms with Gasteiger partial charge in [0.2, 0.25) is 5.91 Å². The number of anilines is 4. The molecule has 0 saturated carbocycles. The van der Waals surface area contributed by atoms with Crippen molar-refractivity contribution >= 4 is 34.8 Å². The largest absolute Gasteiger partial charge is 0.466 e. The zero-order valence-corrected chi connectivity index (χ0v) is 21.9. The van der Waals surface area contributed by atoms with E-state index in [2.05, 4.69) is 37.6 Å². The van der Waals surface area contributed by atoms with E-state index in [1.165, 1.54) is 0 Å². The van der Waals surface area contributed by atoms with Crippen molar-refractivity contribution in [3.05, 3.63) is 78.0 Å². The summed E-state index contributed by atoms with van der Waals surface area (Å²) in [6.07, 6.45) is 2.25. The van der Waals surface area contributed by atoms with Crippen LogP contribution in [0.25, 0.3) is 0 Å². The average Bonchev–Trinajstić information content (AvgIpc) is 2.93. The molecule has 0 aliphatic carbocycles. The molecule has 1 amide bonds. The molecular weight excluding hydrogens is 480 g/mol. The topological polar surface area (TPSA) is 113 Å². The third-order valence-electron chi connectivity index (χ3n) is 6.49. The number of aromatic nitrogens is 1. The Hall–Kier alpha value is -4.11. The first kappa shape index (κ1) is 26.9. The van der Waals surface area contributed by atoms with Crippen molar-refractivity contribution in [3.8, 4) is 0 Å². The first-order valence-corrected chi connectivity index (χ1v) is 13.0. The Bertz CT molecular complexity index is 1190. The molecule has 1 aromatic heterocycles. The Kier molecular flexibility index (Phi) is 9.53. The van der Waals surface area contributed by atoms with E-state index in [9.17, 15) is 9.59 Å². The number of nitrogens with one attached hydrogen (secondary N) is 2. The second-order valence-electron chi connectivity index (χ2n) is 9.26. The molecule has 0 unspecified atom stereocenters. The number of primary amides is 1. The normalized spacial score (nSPS) is 13.7. The molecule has 2 aromatic carbocycles. The lowest BCUT2D eigenvalue weighted by atomic mass is 10.1. The van der Waals surface area contributed by atoms with E-state index in [1.807, 2.05) is 55.5 Å². The van der Waals surface area contributed by atoms with Gasteiger partial charge in [-0.1, -0.05) is 30.3 Å². The van der Waals surface area contributed by atoms with Gasteiger partial charge < -0.3 is 26.0 Å². The molecule has 0 radical (unpaired) electrons. The fraction of sp³-hybridized carbons (Fsp3) is 0.345. The SMILES string of the molecule is CCOC(=O)CCN1CCN(c2ccc(Nc3cc(NCc4ccccc4)c(CC(N)=O)cn3)cc2)CC1. The van der Waals surface area contributed by atoms with Gasteiger partial charge in [-0.15, -0.1) is 0 Å². The summed E-state index contributed by atoms with van der Waals surface area (Å²) >= 11 is 0. The average molecular weight is 517 g/mol. The predicted octanol–water partition coefficient (Wildman–Crippen LogP) is 3.54. The molecule has 3 aromatic rings. The van der Waals surface area contributed by atoms with Crippen LogP contribution in [0, 0.1) is 0 Å². The lowest BCUT2D eigenvalue weighted by Crippen LogP contribution is -2.47. The van der Waals surface area contributed by atoms with Gasteiger partial charge in [0.25, 0.3) is 0 Å². The van der Waals surface area contributed by atoms with Crippen molar-refractivity contribution < 1.29 is 14.3 Å². The van der Waals surface area contributed by atoms with Gasteiger partial charge in [0, 0.05) is 74.2 Å². The molecule has 1 aliphatic rings. The van der Waals surface area contributed by atoms with E-state index >= 15 is 0 Å². The summed E-state index contributed by atoms with van der Waals surface area (Å²) in [7, 11) is 0. The minimum absolute atomic E-state index is 0.120. The number of nitrogens with zero attached hydrogens (tertiary/aromatic N) is 3. The summed E-state index contributed by atoms with van der Waals surface area (Å²) < 4.78 is 5.03. The van der Waals surface area contributed by atoms with E-state index in [-0.39, 0.29) is 12.4 Å². The van der Waals surface area contributed by atoms with Crippen LogP contribution in [0.4, 0.5) is 22.9 Å². The van der Waals surface area contributed by atoms with Crippen LogP contribution in [0.1, 0.15) is 24.5 Å². The predicted molar refractivity (Wildman–Crippen MR) is 151 cm³/mol. The number of rotatable bonds is 12. The fourth-order valence-corrected chi connectivity index (χ4v) is 4.45. The first-order chi connectivity index (χ1) is 18.5. The maximum atomic E-state index is 11.6. The number of hydrogen-bond donors (Lipinski definition) is 3. The van der Waals surface area contributed by atoms with E-state index in [0.29, 0.717) is 25.4 Å². The summed E-state index contributed by atoms with van der Waals surface area (Å²) in [5.74, 6) is 0.150. The van der Waals surface area contributed by atoms with Crippen LogP contribution in [0.15, 0.2) is 66.9 Å². The summed E-state index contributed by atoms with van der Waals surface area (Å²) in [6, 6.07) is 20.3. The summed E-state index contributed by atoms with van der Waals surface area (Å²) in [4.78, 5) is 32.3. The molecule has 4 N–H and O–H groups in total. The second-order valence-corrected chi connectivity index (χ2v) is 9.26. The van der Waals surface area contributed by atoms with Crippen molar-refractivity contribution in [1.82, 2.24) is 9.88 Å². The van der Waals surface area contributed by atoms with Gasteiger partial charge in [0.05, 0.1) is 19.4 Å². The quantitative estimate of drug-likeness (QED) is 0.314. The standard InChI is InChI=1S/C29H36N6O3/c1-2-38-29(37)12-13-34-14-16-35(17-15-34)25-10-8-24(9-11-25)33-28-19-26(23(21-32-28)18-27(30)36)31-20-22-6-4-3-5-7-22/h3-11,19,21H,2,12-18,20H2,1H3,(H2,30,36)(H2,31,32,33). The Morgan fingerprint density at radius 3 is 2.45 bits per heavy atom. The van der Waals surface area contributed by atoms with Crippen LogP contribution in [-0.4, -0.2) is 61.1 Å². The van der Waals surface area contributed by atoms with E-state index in [4.69, 9.17) is 10.5 Å². The third-order valence-corrected chi connectivity index (χ3v) is 6.49. The van der Waals surface area contributed by atoms with E-state index in [0.717, 1.165) is 60.9 Å². The number of esters is 1. The van der Waals surface area contributed by atoms with Gasteiger partial charge in [-0.2, -0.15) is 0 Å². The summed E-state index contributed by atoms with van der Waals surface area (Å²) in [5.41, 5.74) is 10.3. The maximum Gasteiger partial charge on any atom is 0.307 e. The minimum atomic E-state index is -0.398. The lowest BCUT2D eigenvalue weighted by molar-refractivity contribution is -0.143. The molecule has 9 nitrogen and oxygen atoms in total. The Morgan fingerprint density at radius 1 is 1.03 bits per heavy atom. The lowest BCUT2D eigenvalue weighted by Gasteiger charge is -2.36. The first-order valence-electron chi connectivity index (χ1n) is 13.0. The molecule has 2 heterocycles. The molecule has 0 atom stereocenters. The number of ether oxygens (including phenoxy) is 1. The molecular formula is C29H36N6O3. The van der Waals surface area contributed by atoms with Gasteiger partial charge >= 0.3 is 5.97 Å². The number of nitrogens with two attached hydrogens (primary N) is 1. The van der Waals surface area contributed by atoms with Gasteiger partial charge in [-0.3, -0.25) is 14.5 Å². The van der Waals surface area contributed by atoms with Crippen molar-refractivity contribution in [1.29, 1.82) is 0 Å². The molecule has 200 valence electrons. The zero-order chi connectivity index (χ0) is 26.7.